The third kappa shape index (κ3) is 4.15. The number of H-pyrrole nitrogens is 1. The zero-order valence-electron chi connectivity index (χ0n) is 12.9. The molecule has 0 bridgehead atoms. The SMILES string of the molecule is FC(F)(F)c1cc(Cc2cnc(C3CCCN3)[nH]2)cc(C(F)(F)F)c1. The summed E-state index contributed by atoms with van der Waals surface area (Å²) in [5.74, 6) is 0.649. The number of benzene rings is 1. The van der Waals surface area contributed by atoms with Gasteiger partial charge in [-0.25, -0.2) is 4.98 Å². The number of hydrogen-bond donors (Lipinski definition) is 2. The molecule has 2 aromatic rings. The molecule has 0 spiro atoms. The Bertz CT molecular complexity index is 709. The first-order valence-electron chi connectivity index (χ1n) is 7.68. The van der Waals surface area contributed by atoms with Crippen molar-refractivity contribution in [2.45, 2.75) is 37.7 Å². The second-order valence-corrected chi connectivity index (χ2v) is 6.03. The number of nitrogens with zero attached hydrogens (tertiary/aromatic N) is 1. The van der Waals surface area contributed by atoms with Gasteiger partial charge in [-0.2, -0.15) is 26.3 Å². The number of aromatic nitrogens is 2. The molecule has 1 aliphatic heterocycles. The van der Waals surface area contributed by atoms with Crippen LogP contribution in [0.3, 0.4) is 0 Å². The van der Waals surface area contributed by atoms with Gasteiger partial charge in [-0.15, -0.1) is 0 Å². The van der Waals surface area contributed by atoms with Gasteiger partial charge >= 0.3 is 12.4 Å². The van der Waals surface area contributed by atoms with E-state index in [1.165, 1.54) is 6.20 Å². The Morgan fingerprint density at radius 3 is 2.16 bits per heavy atom. The van der Waals surface area contributed by atoms with Crippen LogP contribution >= 0.6 is 0 Å². The number of nitrogens with one attached hydrogen (secondary N) is 2. The highest BCUT2D eigenvalue weighted by Gasteiger charge is 2.36. The first-order chi connectivity index (χ1) is 11.6. The molecule has 2 N–H and O–H groups in total. The number of halogens is 6. The van der Waals surface area contributed by atoms with Crippen molar-refractivity contribution >= 4 is 0 Å². The Balaban J connectivity index is 1.88. The Labute approximate surface area is 139 Å². The molecular weight excluding hydrogens is 348 g/mol. The number of imidazole rings is 1. The lowest BCUT2D eigenvalue weighted by Gasteiger charge is -2.14. The van der Waals surface area contributed by atoms with Crippen molar-refractivity contribution < 1.29 is 26.3 Å². The summed E-state index contributed by atoms with van der Waals surface area (Å²) >= 11 is 0. The molecule has 1 atom stereocenters. The average Bonchev–Trinajstić information content (AvgIpc) is 3.15. The molecule has 1 aliphatic rings. The van der Waals surface area contributed by atoms with E-state index in [0.717, 1.165) is 31.5 Å². The Morgan fingerprint density at radius 1 is 1.00 bits per heavy atom. The van der Waals surface area contributed by atoms with Gasteiger partial charge < -0.3 is 10.3 Å². The molecule has 1 aromatic carbocycles. The van der Waals surface area contributed by atoms with E-state index in [2.05, 4.69) is 15.3 Å². The van der Waals surface area contributed by atoms with Gasteiger partial charge in [-0.3, -0.25) is 0 Å². The summed E-state index contributed by atoms with van der Waals surface area (Å²) in [6.45, 7) is 0.850. The number of hydrogen-bond acceptors (Lipinski definition) is 2. The zero-order chi connectivity index (χ0) is 18.2. The lowest BCUT2D eigenvalue weighted by Crippen LogP contribution is -2.14. The van der Waals surface area contributed by atoms with Gasteiger partial charge in [0.05, 0.1) is 17.2 Å². The minimum absolute atomic E-state index is 0.0426. The van der Waals surface area contributed by atoms with Crippen molar-refractivity contribution in [3.8, 4) is 0 Å². The van der Waals surface area contributed by atoms with Gasteiger partial charge in [-0.05, 0) is 43.1 Å². The fourth-order valence-corrected chi connectivity index (χ4v) is 2.90. The molecule has 1 aromatic heterocycles. The van der Waals surface area contributed by atoms with Crippen LogP contribution in [0.5, 0.6) is 0 Å². The minimum atomic E-state index is -4.84. The van der Waals surface area contributed by atoms with Crippen LogP contribution in [0.4, 0.5) is 26.3 Å². The van der Waals surface area contributed by atoms with Crippen molar-refractivity contribution in [1.29, 1.82) is 0 Å². The van der Waals surface area contributed by atoms with E-state index in [1.807, 2.05) is 0 Å². The van der Waals surface area contributed by atoms with Crippen LogP contribution in [-0.4, -0.2) is 16.5 Å². The van der Waals surface area contributed by atoms with Gasteiger partial charge in [0.25, 0.3) is 0 Å². The molecule has 0 radical (unpaired) electrons. The quantitative estimate of drug-likeness (QED) is 0.791. The largest absolute Gasteiger partial charge is 0.416 e. The molecule has 9 heteroatoms. The van der Waals surface area contributed by atoms with Crippen molar-refractivity contribution in [3.63, 3.8) is 0 Å². The van der Waals surface area contributed by atoms with Gasteiger partial charge in [0.15, 0.2) is 0 Å². The van der Waals surface area contributed by atoms with E-state index in [4.69, 9.17) is 0 Å². The van der Waals surface area contributed by atoms with Gasteiger partial charge in [0.1, 0.15) is 5.82 Å². The first kappa shape index (κ1) is 17.8. The third-order valence-corrected chi connectivity index (χ3v) is 4.08. The van der Waals surface area contributed by atoms with E-state index in [0.29, 0.717) is 11.5 Å². The standard InChI is InChI=1S/C16H15F6N3/c17-15(18,19)10-4-9(5-11(7-10)16(20,21)22)6-12-8-24-14(25-12)13-2-1-3-23-13/h4-5,7-8,13,23H,1-3,6H2,(H,24,25). The van der Waals surface area contributed by atoms with Crippen molar-refractivity contribution in [2.24, 2.45) is 0 Å². The Morgan fingerprint density at radius 2 is 1.64 bits per heavy atom. The summed E-state index contributed by atoms with van der Waals surface area (Å²) in [6.07, 6.45) is -6.46. The van der Waals surface area contributed by atoms with Crippen molar-refractivity contribution in [3.05, 3.63) is 52.6 Å². The number of aromatic amines is 1. The summed E-state index contributed by atoms with van der Waals surface area (Å²) in [4.78, 5) is 7.16. The highest BCUT2D eigenvalue weighted by atomic mass is 19.4. The molecule has 25 heavy (non-hydrogen) atoms. The molecule has 2 heterocycles. The minimum Gasteiger partial charge on any atom is -0.344 e. The van der Waals surface area contributed by atoms with Crippen molar-refractivity contribution in [2.75, 3.05) is 6.54 Å². The van der Waals surface area contributed by atoms with Crippen LogP contribution < -0.4 is 5.32 Å². The predicted molar refractivity (Wildman–Crippen MR) is 77.8 cm³/mol. The van der Waals surface area contributed by atoms with E-state index in [1.54, 1.807) is 0 Å². The molecule has 1 fully saturated rings. The summed E-state index contributed by atoms with van der Waals surface area (Å²) < 4.78 is 77.3. The molecule has 136 valence electrons. The maximum absolute atomic E-state index is 12.9. The predicted octanol–water partition coefficient (Wildman–Crippen LogP) is 4.46. The first-order valence-corrected chi connectivity index (χ1v) is 7.68. The molecule has 1 unspecified atom stereocenters. The molecule has 1 saturated heterocycles. The van der Waals surface area contributed by atoms with Gasteiger partial charge in [0.2, 0.25) is 0 Å². The molecular formula is C16H15F6N3. The second kappa shape index (κ2) is 6.36. The lowest BCUT2D eigenvalue weighted by molar-refractivity contribution is -0.143. The second-order valence-electron chi connectivity index (χ2n) is 6.03. The van der Waals surface area contributed by atoms with E-state index >= 15 is 0 Å². The smallest absolute Gasteiger partial charge is 0.344 e. The van der Waals surface area contributed by atoms with Crippen LogP contribution in [0.2, 0.25) is 0 Å². The van der Waals surface area contributed by atoms with Crippen LogP contribution in [0, 0.1) is 0 Å². The number of rotatable bonds is 3. The highest BCUT2D eigenvalue weighted by Crippen LogP contribution is 2.36. The van der Waals surface area contributed by atoms with Gasteiger partial charge in [0, 0.05) is 18.3 Å². The molecule has 0 aliphatic carbocycles. The van der Waals surface area contributed by atoms with E-state index in [9.17, 15) is 26.3 Å². The van der Waals surface area contributed by atoms with Crippen LogP contribution in [-0.2, 0) is 18.8 Å². The molecule has 3 rings (SSSR count). The summed E-state index contributed by atoms with van der Waals surface area (Å²) in [5, 5.41) is 3.22. The van der Waals surface area contributed by atoms with E-state index in [-0.39, 0.29) is 24.1 Å². The number of alkyl halides is 6. The maximum Gasteiger partial charge on any atom is 0.416 e. The average molecular weight is 363 g/mol. The Kier molecular flexibility index (Phi) is 4.52. The Hall–Kier alpha value is -2.03. The topological polar surface area (TPSA) is 40.7 Å². The van der Waals surface area contributed by atoms with Gasteiger partial charge in [-0.1, -0.05) is 0 Å². The fraction of sp³-hybridized carbons (Fsp3) is 0.438. The lowest BCUT2D eigenvalue weighted by atomic mass is 10.0. The van der Waals surface area contributed by atoms with Crippen LogP contribution in [0.1, 0.15) is 47.1 Å². The molecule has 0 amide bonds. The van der Waals surface area contributed by atoms with Crippen molar-refractivity contribution in [1.82, 2.24) is 15.3 Å². The summed E-state index contributed by atoms with van der Waals surface area (Å²) in [5.41, 5.74) is -2.23. The van der Waals surface area contributed by atoms with Crippen LogP contribution in [0.25, 0.3) is 0 Å². The summed E-state index contributed by atoms with van der Waals surface area (Å²) in [7, 11) is 0. The molecule has 3 nitrogen and oxygen atoms in total. The normalized spacial score (nSPS) is 18.7. The third-order valence-electron chi connectivity index (χ3n) is 4.08. The fourth-order valence-electron chi connectivity index (χ4n) is 2.90. The van der Waals surface area contributed by atoms with E-state index < -0.39 is 23.5 Å². The van der Waals surface area contributed by atoms with Crippen LogP contribution in [0.15, 0.2) is 24.4 Å². The maximum atomic E-state index is 12.9. The zero-order valence-corrected chi connectivity index (χ0v) is 12.9. The summed E-state index contributed by atoms with van der Waals surface area (Å²) in [6, 6.07) is 1.65. The monoisotopic (exact) mass is 363 g/mol. The highest BCUT2D eigenvalue weighted by molar-refractivity contribution is 5.35. The molecule has 0 saturated carbocycles.